The van der Waals surface area contributed by atoms with Crippen LogP contribution in [0, 0.1) is 5.82 Å². The van der Waals surface area contributed by atoms with Crippen LogP contribution in [-0.2, 0) is 4.74 Å². The molecule has 0 bridgehead atoms. The van der Waals surface area contributed by atoms with Gasteiger partial charge >= 0.3 is 5.97 Å². The third-order valence-corrected chi connectivity index (χ3v) is 1.60. The van der Waals surface area contributed by atoms with Gasteiger partial charge in [-0.25, -0.2) is 9.78 Å². The molecule has 0 unspecified atom stereocenters. The van der Waals surface area contributed by atoms with Crippen LogP contribution in [-0.4, -0.2) is 25.2 Å². The number of methoxy groups -OCH3 is 2. The second-order valence-corrected chi connectivity index (χ2v) is 2.40. The van der Waals surface area contributed by atoms with Gasteiger partial charge in [-0.3, -0.25) is 0 Å². The number of nitrogen functional groups attached to an aromatic ring is 1. The molecule has 0 aliphatic rings. The maximum atomic E-state index is 13.4. The van der Waals surface area contributed by atoms with E-state index in [1.165, 1.54) is 7.11 Å². The molecular formula is C8H9FN2O3. The zero-order valence-electron chi connectivity index (χ0n) is 7.70. The Morgan fingerprint density at radius 3 is 2.71 bits per heavy atom. The number of nitrogens with zero attached hydrogens (tertiary/aromatic N) is 1. The molecule has 1 heterocycles. The molecule has 0 fully saturated rings. The number of aromatic nitrogens is 1. The fraction of sp³-hybridized carbons (Fsp3) is 0.250. The number of carbonyl (C=O) groups excluding carboxylic acids is 1. The molecule has 1 rings (SSSR count). The lowest BCUT2D eigenvalue weighted by atomic mass is 10.2. The number of ether oxygens (including phenoxy) is 2. The monoisotopic (exact) mass is 200 g/mol. The third kappa shape index (κ3) is 1.59. The predicted molar refractivity (Wildman–Crippen MR) is 46.5 cm³/mol. The van der Waals surface area contributed by atoms with Crippen LogP contribution in [0.25, 0.3) is 0 Å². The Kier molecular flexibility index (Phi) is 2.85. The number of carbonyl (C=O) groups is 1. The average Bonchev–Trinajstić information content (AvgIpc) is 2.18. The molecule has 0 spiro atoms. The first-order valence-electron chi connectivity index (χ1n) is 3.68. The van der Waals surface area contributed by atoms with E-state index in [0.717, 1.165) is 13.3 Å². The SMILES string of the molecule is COC(=O)c1c(N)cnc(OC)c1F. The van der Waals surface area contributed by atoms with Crippen LogP contribution in [0.5, 0.6) is 5.88 Å². The van der Waals surface area contributed by atoms with Crippen molar-refractivity contribution >= 4 is 11.7 Å². The Labute approximate surface area is 79.6 Å². The van der Waals surface area contributed by atoms with Crippen molar-refractivity contribution in [3.05, 3.63) is 17.6 Å². The summed E-state index contributed by atoms with van der Waals surface area (Å²) < 4.78 is 22.3. The van der Waals surface area contributed by atoms with Gasteiger partial charge < -0.3 is 15.2 Å². The molecule has 0 aliphatic heterocycles. The number of pyridine rings is 1. The molecule has 0 atom stereocenters. The predicted octanol–water partition coefficient (Wildman–Crippen LogP) is 0.598. The highest BCUT2D eigenvalue weighted by Crippen LogP contribution is 2.22. The summed E-state index contributed by atoms with van der Waals surface area (Å²) in [7, 11) is 2.37. The van der Waals surface area contributed by atoms with Gasteiger partial charge in [-0.15, -0.1) is 0 Å². The molecule has 0 amide bonds. The Balaban J connectivity index is 3.32. The molecule has 14 heavy (non-hydrogen) atoms. The lowest BCUT2D eigenvalue weighted by molar-refractivity contribution is 0.0595. The number of hydrogen-bond donors (Lipinski definition) is 1. The fourth-order valence-corrected chi connectivity index (χ4v) is 0.935. The maximum absolute atomic E-state index is 13.4. The number of hydrogen-bond acceptors (Lipinski definition) is 5. The molecule has 76 valence electrons. The summed E-state index contributed by atoms with van der Waals surface area (Å²) in [5.74, 6) is -2.07. The summed E-state index contributed by atoms with van der Waals surface area (Å²) in [5.41, 5.74) is 4.91. The molecule has 0 radical (unpaired) electrons. The molecule has 6 heteroatoms. The Morgan fingerprint density at radius 1 is 1.57 bits per heavy atom. The van der Waals surface area contributed by atoms with E-state index in [0.29, 0.717) is 0 Å². The van der Waals surface area contributed by atoms with Crippen LogP contribution in [0.1, 0.15) is 10.4 Å². The van der Waals surface area contributed by atoms with Gasteiger partial charge in [0.05, 0.1) is 26.1 Å². The topological polar surface area (TPSA) is 74.4 Å². The van der Waals surface area contributed by atoms with Crippen LogP contribution in [0.15, 0.2) is 6.20 Å². The molecule has 0 saturated carbocycles. The molecule has 0 aliphatic carbocycles. The summed E-state index contributed by atoms with van der Waals surface area (Å²) in [5, 5.41) is 0. The van der Waals surface area contributed by atoms with Gasteiger partial charge in [-0.2, -0.15) is 4.39 Å². The van der Waals surface area contributed by atoms with Gasteiger partial charge in [0, 0.05) is 0 Å². The van der Waals surface area contributed by atoms with Crippen molar-refractivity contribution in [3.8, 4) is 5.88 Å². The summed E-state index contributed by atoms with van der Waals surface area (Å²) in [6.07, 6.45) is 1.13. The molecule has 1 aromatic rings. The molecule has 5 nitrogen and oxygen atoms in total. The summed E-state index contributed by atoms with van der Waals surface area (Å²) in [6.45, 7) is 0. The van der Waals surface area contributed by atoms with Crippen LogP contribution in [0.3, 0.4) is 0 Å². The van der Waals surface area contributed by atoms with E-state index in [1.54, 1.807) is 0 Å². The average molecular weight is 200 g/mol. The quantitative estimate of drug-likeness (QED) is 0.707. The highest BCUT2D eigenvalue weighted by Gasteiger charge is 2.20. The molecule has 0 saturated heterocycles. The van der Waals surface area contributed by atoms with Crippen LogP contribution >= 0.6 is 0 Å². The summed E-state index contributed by atoms with van der Waals surface area (Å²) >= 11 is 0. The minimum atomic E-state index is -0.917. The highest BCUT2D eigenvalue weighted by atomic mass is 19.1. The van der Waals surface area contributed by atoms with Crippen molar-refractivity contribution in [1.29, 1.82) is 0 Å². The van der Waals surface area contributed by atoms with Crippen molar-refractivity contribution in [2.45, 2.75) is 0 Å². The second kappa shape index (κ2) is 3.91. The van der Waals surface area contributed by atoms with E-state index in [-0.39, 0.29) is 17.1 Å². The van der Waals surface area contributed by atoms with Crippen LogP contribution in [0.2, 0.25) is 0 Å². The number of halogens is 1. The van der Waals surface area contributed by atoms with Crippen molar-refractivity contribution in [2.24, 2.45) is 0 Å². The van der Waals surface area contributed by atoms with E-state index < -0.39 is 11.8 Å². The minimum Gasteiger partial charge on any atom is -0.479 e. The first-order valence-corrected chi connectivity index (χ1v) is 3.68. The van der Waals surface area contributed by atoms with Gasteiger partial charge in [0.25, 0.3) is 5.88 Å². The largest absolute Gasteiger partial charge is 0.479 e. The van der Waals surface area contributed by atoms with Gasteiger partial charge in [0.15, 0.2) is 0 Å². The van der Waals surface area contributed by atoms with Gasteiger partial charge in [-0.05, 0) is 0 Å². The van der Waals surface area contributed by atoms with Gasteiger partial charge in [0.2, 0.25) is 5.82 Å². The van der Waals surface area contributed by atoms with Gasteiger partial charge in [-0.1, -0.05) is 0 Å². The van der Waals surface area contributed by atoms with Gasteiger partial charge in [0.1, 0.15) is 5.56 Å². The lowest BCUT2D eigenvalue weighted by Gasteiger charge is -2.07. The van der Waals surface area contributed by atoms with Crippen LogP contribution < -0.4 is 10.5 Å². The third-order valence-electron chi connectivity index (χ3n) is 1.60. The van der Waals surface area contributed by atoms with Crippen LogP contribution in [0.4, 0.5) is 10.1 Å². The number of rotatable bonds is 2. The summed E-state index contributed by atoms with van der Waals surface area (Å²) in [6, 6.07) is 0. The lowest BCUT2D eigenvalue weighted by Crippen LogP contribution is -2.10. The molecule has 1 aromatic heterocycles. The molecule has 2 N–H and O–H groups in total. The maximum Gasteiger partial charge on any atom is 0.343 e. The summed E-state index contributed by atoms with van der Waals surface area (Å²) in [4.78, 5) is 14.6. The second-order valence-electron chi connectivity index (χ2n) is 2.40. The van der Waals surface area contributed by atoms with Crippen molar-refractivity contribution in [1.82, 2.24) is 4.98 Å². The number of esters is 1. The normalized spacial score (nSPS) is 9.64. The zero-order chi connectivity index (χ0) is 10.7. The Morgan fingerprint density at radius 2 is 2.21 bits per heavy atom. The number of nitrogens with two attached hydrogens (primary N) is 1. The standard InChI is InChI=1S/C8H9FN2O3/c1-13-7-6(9)5(8(12)14-2)4(10)3-11-7/h3H,10H2,1-2H3. The van der Waals surface area contributed by atoms with E-state index in [1.807, 2.05) is 0 Å². The van der Waals surface area contributed by atoms with E-state index >= 15 is 0 Å². The minimum absolute atomic E-state index is 0.0878. The van der Waals surface area contributed by atoms with Crippen molar-refractivity contribution in [2.75, 3.05) is 20.0 Å². The fourth-order valence-electron chi connectivity index (χ4n) is 0.935. The van der Waals surface area contributed by atoms with Crippen molar-refractivity contribution < 1.29 is 18.7 Å². The Bertz CT molecular complexity index is 368. The van der Waals surface area contributed by atoms with E-state index in [2.05, 4.69) is 14.5 Å². The van der Waals surface area contributed by atoms with E-state index in [4.69, 9.17) is 5.73 Å². The zero-order valence-corrected chi connectivity index (χ0v) is 7.70. The first kappa shape index (κ1) is 10.2. The number of anilines is 1. The van der Waals surface area contributed by atoms with Crippen molar-refractivity contribution in [3.63, 3.8) is 0 Å². The highest BCUT2D eigenvalue weighted by molar-refractivity contribution is 5.95. The van der Waals surface area contributed by atoms with E-state index in [9.17, 15) is 9.18 Å². The molecule has 0 aromatic carbocycles. The Hall–Kier alpha value is -1.85. The molecular weight excluding hydrogens is 191 g/mol. The first-order chi connectivity index (χ1) is 6.61. The smallest absolute Gasteiger partial charge is 0.343 e.